The summed E-state index contributed by atoms with van der Waals surface area (Å²) in [4.78, 5) is 26.7. The number of carbonyl (C=O) groups excluding carboxylic acids is 2. The molecule has 4 rings (SSSR count). The van der Waals surface area contributed by atoms with E-state index in [9.17, 15) is 9.59 Å². The topological polar surface area (TPSA) is 46.6 Å². The van der Waals surface area contributed by atoms with E-state index >= 15 is 0 Å². The van der Waals surface area contributed by atoms with Crippen molar-refractivity contribution in [3.05, 3.63) is 77.9 Å². The lowest BCUT2D eigenvalue weighted by Gasteiger charge is -2.22. The zero-order chi connectivity index (χ0) is 18.8. The van der Waals surface area contributed by atoms with E-state index in [1.54, 1.807) is 4.90 Å². The maximum atomic E-state index is 12.6. The molecule has 3 aromatic rings. The van der Waals surface area contributed by atoms with E-state index in [-0.39, 0.29) is 30.9 Å². The molecule has 0 aromatic heterocycles. The van der Waals surface area contributed by atoms with Crippen molar-refractivity contribution in [2.24, 2.45) is 0 Å². The van der Waals surface area contributed by atoms with Crippen LogP contribution in [0.2, 0.25) is 0 Å². The third-order valence-corrected chi connectivity index (χ3v) is 5.05. The number of para-hydroxylation sites is 1. The van der Waals surface area contributed by atoms with Crippen LogP contribution in [0.15, 0.2) is 66.7 Å². The Kier molecular flexibility index (Phi) is 4.63. The predicted octanol–water partition coefficient (Wildman–Crippen LogP) is 3.90. The largest absolute Gasteiger partial charge is 0.455 e. The number of carbonyl (C=O) groups is 2. The third-order valence-electron chi connectivity index (χ3n) is 5.05. The number of esters is 1. The van der Waals surface area contributed by atoms with E-state index in [0.29, 0.717) is 0 Å². The monoisotopic (exact) mass is 359 g/mol. The van der Waals surface area contributed by atoms with Crippen molar-refractivity contribution in [3.63, 3.8) is 0 Å². The Labute approximate surface area is 158 Å². The minimum Gasteiger partial charge on any atom is -0.455 e. The Morgan fingerprint density at radius 3 is 2.63 bits per heavy atom. The van der Waals surface area contributed by atoms with Gasteiger partial charge in [0.2, 0.25) is 0 Å². The van der Waals surface area contributed by atoms with Crippen LogP contribution in [-0.2, 0) is 27.2 Å². The molecule has 27 heavy (non-hydrogen) atoms. The number of hydrogen-bond acceptors (Lipinski definition) is 3. The van der Waals surface area contributed by atoms with Gasteiger partial charge in [0.05, 0.1) is 6.42 Å². The lowest BCUT2D eigenvalue weighted by atomic mass is 10.0. The number of anilines is 1. The maximum absolute atomic E-state index is 12.6. The number of hydrogen-bond donors (Lipinski definition) is 0. The van der Waals surface area contributed by atoms with Gasteiger partial charge in [0, 0.05) is 11.7 Å². The van der Waals surface area contributed by atoms with E-state index in [2.05, 4.69) is 0 Å². The fourth-order valence-corrected chi connectivity index (χ4v) is 3.81. The molecule has 0 bridgehead atoms. The van der Waals surface area contributed by atoms with Gasteiger partial charge in [0.1, 0.15) is 0 Å². The molecule has 1 amide bonds. The zero-order valence-electron chi connectivity index (χ0n) is 15.2. The van der Waals surface area contributed by atoms with E-state index in [4.69, 9.17) is 4.74 Å². The second-order valence-electron chi connectivity index (χ2n) is 6.92. The van der Waals surface area contributed by atoms with Crippen molar-refractivity contribution in [3.8, 4) is 0 Å². The Morgan fingerprint density at radius 1 is 1.00 bits per heavy atom. The van der Waals surface area contributed by atoms with Gasteiger partial charge in [0.25, 0.3) is 5.91 Å². The van der Waals surface area contributed by atoms with Gasteiger partial charge in [-0.25, -0.2) is 0 Å². The average Bonchev–Trinajstić information content (AvgIpc) is 3.02. The molecule has 4 heteroatoms. The molecule has 1 aliphatic heterocycles. The standard InChI is InChI=1S/C23H21NO3/c1-16-13-19-8-3-5-12-21(19)24(16)22(25)15-27-23(26)14-18-10-6-9-17-7-2-4-11-20(17)18/h2-12,16H,13-15H2,1H3/t16-/m0/s1. The quantitative estimate of drug-likeness (QED) is 0.664. The summed E-state index contributed by atoms with van der Waals surface area (Å²) < 4.78 is 5.30. The molecule has 0 unspecified atom stereocenters. The summed E-state index contributed by atoms with van der Waals surface area (Å²) >= 11 is 0. The number of fused-ring (bicyclic) bond motifs is 2. The summed E-state index contributed by atoms with van der Waals surface area (Å²) in [6.07, 6.45) is 0.979. The van der Waals surface area contributed by atoms with E-state index in [0.717, 1.165) is 34.0 Å². The summed E-state index contributed by atoms with van der Waals surface area (Å²) in [7, 11) is 0. The summed E-state index contributed by atoms with van der Waals surface area (Å²) in [5.41, 5.74) is 2.98. The third kappa shape index (κ3) is 3.43. The van der Waals surface area contributed by atoms with Gasteiger partial charge in [0.15, 0.2) is 6.61 Å². The molecule has 136 valence electrons. The lowest BCUT2D eigenvalue weighted by molar-refractivity contribution is -0.147. The lowest BCUT2D eigenvalue weighted by Crippen LogP contribution is -2.38. The van der Waals surface area contributed by atoms with Crippen LogP contribution in [0, 0.1) is 0 Å². The highest BCUT2D eigenvalue weighted by molar-refractivity contribution is 5.98. The number of nitrogens with zero attached hydrogens (tertiary/aromatic N) is 1. The van der Waals surface area contributed by atoms with Gasteiger partial charge >= 0.3 is 5.97 Å². The highest BCUT2D eigenvalue weighted by Crippen LogP contribution is 2.31. The maximum Gasteiger partial charge on any atom is 0.310 e. The highest BCUT2D eigenvalue weighted by atomic mass is 16.5. The van der Waals surface area contributed by atoms with Crippen molar-refractivity contribution in [2.45, 2.75) is 25.8 Å². The molecule has 0 aliphatic carbocycles. The van der Waals surface area contributed by atoms with Crippen LogP contribution in [0.1, 0.15) is 18.1 Å². The number of amides is 1. The molecule has 4 nitrogen and oxygen atoms in total. The van der Waals surface area contributed by atoms with Crippen molar-refractivity contribution >= 4 is 28.3 Å². The van der Waals surface area contributed by atoms with Crippen LogP contribution in [0.25, 0.3) is 10.8 Å². The number of benzene rings is 3. The summed E-state index contributed by atoms with van der Waals surface area (Å²) in [5, 5.41) is 2.12. The summed E-state index contributed by atoms with van der Waals surface area (Å²) in [5.74, 6) is -0.571. The summed E-state index contributed by atoms with van der Waals surface area (Å²) in [6.45, 7) is 1.78. The smallest absolute Gasteiger partial charge is 0.310 e. The van der Waals surface area contributed by atoms with E-state index in [1.807, 2.05) is 73.7 Å². The van der Waals surface area contributed by atoms with Gasteiger partial charge in [-0.1, -0.05) is 60.7 Å². The van der Waals surface area contributed by atoms with E-state index in [1.165, 1.54) is 0 Å². The van der Waals surface area contributed by atoms with Gasteiger partial charge in [-0.3, -0.25) is 9.59 Å². The fraction of sp³-hybridized carbons (Fsp3) is 0.217. The van der Waals surface area contributed by atoms with Crippen LogP contribution in [0.5, 0.6) is 0 Å². The molecular weight excluding hydrogens is 338 g/mol. The van der Waals surface area contributed by atoms with Gasteiger partial charge in [-0.2, -0.15) is 0 Å². The number of ether oxygens (including phenoxy) is 1. The Hall–Kier alpha value is -3.14. The zero-order valence-corrected chi connectivity index (χ0v) is 15.2. The van der Waals surface area contributed by atoms with Crippen molar-refractivity contribution in [2.75, 3.05) is 11.5 Å². The average molecular weight is 359 g/mol. The Bertz CT molecular complexity index is 1010. The van der Waals surface area contributed by atoms with Gasteiger partial charge in [-0.05, 0) is 41.3 Å². The first kappa shape index (κ1) is 17.3. The fourth-order valence-electron chi connectivity index (χ4n) is 3.81. The van der Waals surface area contributed by atoms with Crippen molar-refractivity contribution < 1.29 is 14.3 Å². The molecule has 1 aliphatic rings. The summed E-state index contributed by atoms with van der Waals surface area (Å²) in [6, 6.07) is 21.7. The molecule has 0 saturated heterocycles. The second kappa shape index (κ2) is 7.23. The molecule has 1 atom stereocenters. The molecule has 0 N–H and O–H groups in total. The minimum absolute atomic E-state index is 0.0756. The molecule has 0 saturated carbocycles. The molecule has 0 spiro atoms. The predicted molar refractivity (Wildman–Crippen MR) is 106 cm³/mol. The molecular formula is C23H21NO3. The second-order valence-corrected chi connectivity index (χ2v) is 6.92. The van der Waals surface area contributed by atoms with Crippen LogP contribution in [0.4, 0.5) is 5.69 Å². The normalized spacial score (nSPS) is 15.6. The minimum atomic E-state index is -0.389. The van der Waals surface area contributed by atoms with Crippen LogP contribution >= 0.6 is 0 Å². The Morgan fingerprint density at radius 2 is 1.74 bits per heavy atom. The highest BCUT2D eigenvalue weighted by Gasteiger charge is 2.30. The molecule has 0 fully saturated rings. The van der Waals surface area contributed by atoms with Crippen LogP contribution in [0.3, 0.4) is 0 Å². The Balaban J connectivity index is 1.41. The SMILES string of the molecule is C[C@H]1Cc2ccccc2N1C(=O)COC(=O)Cc1cccc2ccccc12. The van der Waals surface area contributed by atoms with Crippen molar-refractivity contribution in [1.82, 2.24) is 0 Å². The van der Waals surface area contributed by atoms with Gasteiger partial charge in [-0.15, -0.1) is 0 Å². The first-order valence-corrected chi connectivity index (χ1v) is 9.15. The van der Waals surface area contributed by atoms with E-state index < -0.39 is 0 Å². The number of rotatable bonds is 4. The van der Waals surface area contributed by atoms with Crippen molar-refractivity contribution in [1.29, 1.82) is 0 Å². The van der Waals surface area contributed by atoms with Crippen LogP contribution < -0.4 is 4.90 Å². The van der Waals surface area contributed by atoms with Crippen LogP contribution in [-0.4, -0.2) is 24.5 Å². The molecule has 3 aromatic carbocycles. The molecule has 1 heterocycles. The first-order chi connectivity index (χ1) is 13.1. The first-order valence-electron chi connectivity index (χ1n) is 9.15. The molecule has 0 radical (unpaired) electrons. The van der Waals surface area contributed by atoms with Gasteiger partial charge < -0.3 is 9.64 Å².